The number of aliphatic hydroxyl groups is 1. The number of carbonyl (C=O) groups is 1. The van der Waals surface area contributed by atoms with Crippen LogP contribution < -0.4 is 0 Å². The molecule has 17 heavy (non-hydrogen) atoms. The van der Waals surface area contributed by atoms with Crippen LogP contribution in [0.5, 0.6) is 0 Å². The fourth-order valence-corrected chi connectivity index (χ4v) is 3.24. The van der Waals surface area contributed by atoms with Crippen LogP contribution in [0.15, 0.2) is 0 Å². The molecule has 1 saturated heterocycles. The first-order valence-corrected chi connectivity index (χ1v) is 7.13. The van der Waals surface area contributed by atoms with Gasteiger partial charge in [0.15, 0.2) is 0 Å². The first-order valence-electron chi connectivity index (χ1n) is 7.13. The van der Waals surface area contributed by atoms with Crippen LogP contribution in [0.1, 0.15) is 64.7 Å². The molecule has 0 aromatic carbocycles. The van der Waals surface area contributed by atoms with E-state index in [9.17, 15) is 9.90 Å². The highest BCUT2D eigenvalue weighted by molar-refractivity contribution is 5.77. The quantitative estimate of drug-likeness (QED) is 0.804. The van der Waals surface area contributed by atoms with Crippen LogP contribution in [-0.4, -0.2) is 34.1 Å². The van der Waals surface area contributed by atoms with Crippen molar-refractivity contribution in [3.05, 3.63) is 0 Å². The summed E-state index contributed by atoms with van der Waals surface area (Å²) in [7, 11) is 0. The van der Waals surface area contributed by atoms with Crippen molar-refractivity contribution in [2.75, 3.05) is 6.54 Å². The summed E-state index contributed by atoms with van der Waals surface area (Å²) in [6.07, 6.45) is 8.77. The third-order valence-corrected chi connectivity index (χ3v) is 4.39. The zero-order chi connectivity index (χ0) is 12.3. The molecule has 1 amide bonds. The highest BCUT2D eigenvalue weighted by Crippen LogP contribution is 2.32. The molecule has 0 radical (unpaired) electrons. The van der Waals surface area contributed by atoms with Crippen molar-refractivity contribution < 1.29 is 9.90 Å². The Morgan fingerprint density at radius 3 is 2.59 bits per heavy atom. The molecule has 3 heteroatoms. The maximum atomic E-state index is 12.2. The van der Waals surface area contributed by atoms with E-state index in [4.69, 9.17) is 0 Å². The minimum atomic E-state index is -0.702. The average Bonchev–Trinajstić information content (AvgIpc) is 2.29. The normalized spacial score (nSPS) is 29.1. The van der Waals surface area contributed by atoms with Crippen LogP contribution in [0.3, 0.4) is 0 Å². The van der Waals surface area contributed by atoms with E-state index in [2.05, 4.69) is 6.92 Å². The second-order valence-electron chi connectivity index (χ2n) is 5.89. The second-order valence-corrected chi connectivity index (χ2v) is 5.89. The molecule has 1 aliphatic heterocycles. The van der Waals surface area contributed by atoms with Gasteiger partial charge in [0, 0.05) is 12.6 Å². The summed E-state index contributed by atoms with van der Waals surface area (Å²) in [6.45, 7) is 3.01. The van der Waals surface area contributed by atoms with E-state index in [1.54, 1.807) is 0 Å². The highest BCUT2D eigenvalue weighted by atomic mass is 16.3. The summed E-state index contributed by atoms with van der Waals surface area (Å²) in [5.41, 5.74) is -0.702. The van der Waals surface area contributed by atoms with Gasteiger partial charge in [0.2, 0.25) is 5.91 Å². The second kappa shape index (κ2) is 5.38. The van der Waals surface area contributed by atoms with Crippen molar-refractivity contribution in [2.45, 2.75) is 76.4 Å². The van der Waals surface area contributed by atoms with Gasteiger partial charge in [-0.1, -0.05) is 19.3 Å². The SMILES string of the molecule is CC1CCCCN1C(=O)CC1(O)CCCCC1. The van der Waals surface area contributed by atoms with E-state index in [1.807, 2.05) is 4.90 Å². The van der Waals surface area contributed by atoms with Crippen molar-refractivity contribution >= 4 is 5.91 Å². The molecular weight excluding hydrogens is 214 g/mol. The number of carbonyl (C=O) groups excluding carboxylic acids is 1. The number of likely N-dealkylation sites (tertiary alicyclic amines) is 1. The van der Waals surface area contributed by atoms with Gasteiger partial charge >= 0.3 is 0 Å². The fraction of sp³-hybridized carbons (Fsp3) is 0.929. The minimum Gasteiger partial charge on any atom is -0.389 e. The van der Waals surface area contributed by atoms with Gasteiger partial charge in [0.1, 0.15) is 0 Å². The number of amides is 1. The number of hydrogen-bond acceptors (Lipinski definition) is 2. The van der Waals surface area contributed by atoms with Crippen molar-refractivity contribution in [3.63, 3.8) is 0 Å². The monoisotopic (exact) mass is 239 g/mol. The third kappa shape index (κ3) is 3.21. The summed E-state index contributed by atoms with van der Waals surface area (Å²) in [5.74, 6) is 0.168. The number of nitrogens with zero attached hydrogens (tertiary/aromatic N) is 1. The lowest BCUT2D eigenvalue weighted by atomic mass is 9.82. The summed E-state index contributed by atoms with van der Waals surface area (Å²) in [4.78, 5) is 14.2. The Hall–Kier alpha value is -0.570. The third-order valence-electron chi connectivity index (χ3n) is 4.39. The maximum absolute atomic E-state index is 12.2. The van der Waals surface area contributed by atoms with E-state index in [0.29, 0.717) is 12.5 Å². The summed E-state index contributed by atoms with van der Waals surface area (Å²) in [6, 6.07) is 0.364. The Morgan fingerprint density at radius 2 is 1.94 bits per heavy atom. The van der Waals surface area contributed by atoms with Crippen LogP contribution >= 0.6 is 0 Å². The molecular formula is C14H25NO2. The molecule has 3 nitrogen and oxygen atoms in total. The maximum Gasteiger partial charge on any atom is 0.225 e. The lowest BCUT2D eigenvalue weighted by molar-refractivity contribution is -0.141. The number of hydrogen-bond donors (Lipinski definition) is 1. The molecule has 0 bridgehead atoms. The van der Waals surface area contributed by atoms with E-state index in [1.165, 1.54) is 12.8 Å². The van der Waals surface area contributed by atoms with Crippen LogP contribution in [0.2, 0.25) is 0 Å². The summed E-state index contributed by atoms with van der Waals surface area (Å²) in [5, 5.41) is 10.4. The van der Waals surface area contributed by atoms with Crippen molar-refractivity contribution in [1.82, 2.24) is 4.90 Å². The molecule has 2 rings (SSSR count). The molecule has 2 fully saturated rings. The Labute approximate surface area is 104 Å². The molecule has 1 saturated carbocycles. The molecule has 1 unspecified atom stereocenters. The van der Waals surface area contributed by atoms with Crippen molar-refractivity contribution in [3.8, 4) is 0 Å². The zero-order valence-corrected chi connectivity index (χ0v) is 11.0. The lowest BCUT2D eigenvalue weighted by Crippen LogP contribution is -2.46. The standard InChI is InChI=1S/C14H25NO2/c1-12-7-3-6-10-15(12)13(16)11-14(17)8-4-2-5-9-14/h12,17H,2-11H2,1H3. The Balaban J connectivity index is 1.90. The van der Waals surface area contributed by atoms with Crippen LogP contribution in [0, 0.1) is 0 Å². The molecule has 1 aliphatic carbocycles. The van der Waals surface area contributed by atoms with Crippen LogP contribution in [0.4, 0.5) is 0 Å². The van der Waals surface area contributed by atoms with Gasteiger partial charge in [-0.05, 0) is 39.0 Å². The van der Waals surface area contributed by atoms with E-state index < -0.39 is 5.60 Å². The highest BCUT2D eigenvalue weighted by Gasteiger charge is 2.34. The average molecular weight is 239 g/mol. The summed E-state index contributed by atoms with van der Waals surface area (Å²) >= 11 is 0. The fourth-order valence-electron chi connectivity index (χ4n) is 3.24. The molecule has 1 atom stereocenters. The van der Waals surface area contributed by atoms with E-state index in [-0.39, 0.29) is 5.91 Å². The van der Waals surface area contributed by atoms with Gasteiger partial charge in [0.05, 0.1) is 12.0 Å². The van der Waals surface area contributed by atoms with Gasteiger partial charge < -0.3 is 10.0 Å². The number of piperidine rings is 1. The van der Waals surface area contributed by atoms with Crippen molar-refractivity contribution in [1.29, 1.82) is 0 Å². The van der Waals surface area contributed by atoms with Gasteiger partial charge in [-0.3, -0.25) is 4.79 Å². The molecule has 0 aromatic heterocycles. The van der Waals surface area contributed by atoms with Crippen molar-refractivity contribution in [2.24, 2.45) is 0 Å². The van der Waals surface area contributed by atoms with Crippen LogP contribution in [-0.2, 0) is 4.79 Å². The molecule has 2 aliphatic rings. The van der Waals surface area contributed by atoms with Gasteiger partial charge in [-0.25, -0.2) is 0 Å². The van der Waals surface area contributed by atoms with E-state index in [0.717, 1.165) is 45.1 Å². The predicted molar refractivity (Wildman–Crippen MR) is 67.7 cm³/mol. The van der Waals surface area contributed by atoms with Crippen LogP contribution in [0.25, 0.3) is 0 Å². The molecule has 98 valence electrons. The first-order chi connectivity index (χ1) is 8.11. The number of rotatable bonds is 2. The summed E-state index contributed by atoms with van der Waals surface area (Å²) < 4.78 is 0. The first kappa shape index (κ1) is 12.9. The predicted octanol–water partition coefficient (Wildman–Crippen LogP) is 2.47. The Bertz CT molecular complexity index is 271. The zero-order valence-electron chi connectivity index (χ0n) is 11.0. The smallest absolute Gasteiger partial charge is 0.225 e. The van der Waals surface area contributed by atoms with Gasteiger partial charge in [-0.15, -0.1) is 0 Å². The topological polar surface area (TPSA) is 40.5 Å². The van der Waals surface area contributed by atoms with Gasteiger partial charge in [0.25, 0.3) is 0 Å². The molecule has 1 heterocycles. The Kier molecular flexibility index (Phi) is 4.08. The van der Waals surface area contributed by atoms with E-state index >= 15 is 0 Å². The van der Waals surface area contributed by atoms with Gasteiger partial charge in [-0.2, -0.15) is 0 Å². The molecule has 1 N–H and O–H groups in total. The lowest BCUT2D eigenvalue weighted by Gasteiger charge is -2.37. The largest absolute Gasteiger partial charge is 0.389 e. The molecule has 0 aromatic rings. The minimum absolute atomic E-state index is 0.168. The Morgan fingerprint density at radius 1 is 1.24 bits per heavy atom. The molecule has 0 spiro atoms.